The van der Waals surface area contributed by atoms with E-state index in [1.165, 1.54) is 16.7 Å². The predicted octanol–water partition coefficient (Wildman–Crippen LogP) is 2.89. The Labute approximate surface area is 171 Å². The van der Waals surface area contributed by atoms with Gasteiger partial charge in [0.15, 0.2) is 17.4 Å². The quantitative estimate of drug-likeness (QED) is 0.546. The van der Waals surface area contributed by atoms with E-state index in [0.717, 1.165) is 37.1 Å². The topological polar surface area (TPSA) is 67.0 Å². The lowest BCUT2D eigenvalue weighted by Crippen LogP contribution is -2.48. The van der Waals surface area contributed by atoms with Crippen LogP contribution in [-0.2, 0) is 11.3 Å². The van der Waals surface area contributed by atoms with Gasteiger partial charge in [-0.2, -0.15) is 0 Å². The first-order valence-corrected chi connectivity index (χ1v) is 10.2. The summed E-state index contributed by atoms with van der Waals surface area (Å²) in [4.78, 5) is 7.12. The van der Waals surface area contributed by atoms with E-state index in [0.29, 0.717) is 13.2 Å². The molecule has 1 N–H and O–H groups in total. The first-order chi connectivity index (χ1) is 14.2. The molecule has 3 heterocycles. The summed E-state index contributed by atoms with van der Waals surface area (Å²) in [6, 6.07) is 12.4. The molecule has 0 saturated carbocycles. The van der Waals surface area contributed by atoms with Gasteiger partial charge in [0.05, 0.1) is 13.2 Å². The molecule has 7 nitrogen and oxygen atoms in total. The zero-order valence-corrected chi connectivity index (χ0v) is 17.3. The summed E-state index contributed by atoms with van der Waals surface area (Å²) in [5.41, 5.74) is 4.63. The van der Waals surface area contributed by atoms with Crippen molar-refractivity contribution in [3.8, 4) is 0 Å². The summed E-state index contributed by atoms with van der Waals surface area (Å²) in [6.07, 6.45) is 2.01. The predicted molar refractivity (Wildman–Crippen MR) is 114 cm³/mol. The molecule has 1 aromatic carbocycles. The van der Waals surface area contributed by atoms with Crippen LogP contribution in [0.1, 0.15) is 35.5 Å². The van der Waals surface area contributed by atoms with Gasteiger partial charge in [-0.1, -0.05) is 29.8 Å². The van der Waals surface area contributed by atoms with Crippen LogP contribution in [0, 0.1) is 13.8 Å². The van der Waals surface area contributed by atoms with E-state index in [1.807, 2.05) is 28.8 Å². The molecule has 1 saturated heterocycles. The molecule has 29 heavy (non-hydrogen) atoms. The number of hydrogen-bond donors (Lipinski definition) is 1. The molecule has 7 heteroatoms. The highest BCUT2D eigenvalue weighted by molar-refractivity contribution is 5.80. The van der Waals surface area contributed by atoms with Gasteiger partial charge < -0.3 is 15.0 Å². The van der Waals surface area contributed by atoms with Gasteiger partial charge in [0.2, 0.25) is 0 Å². The Morgan fingerprint density at radius 2 is 2.14 bits per heavy atom. The monoisotopic (exact) mass is 392 g/mol. The van der Waals surface area contributed by atoms with Crippen LogP contribution in [-0.4, -0.2) is 51.7 Å². The molecule has 3 aromatic rings. The Morgan fingerprint density at radius 3 is 2.97 bits per heavy atom. The Morgan fingerprint density at radius 1 is 1.24 bits per heavy atom. The van der Waals surface area contributed by atoms with Crippen LogP contribution in [0.5, 0.6) is 0 Å². The molecule has 1 unspecified atom stereocenters. The largest absolute Gasteiger partial charge is 0.370 e. The van der Waals surface area contributed by atoms with Crippen LogP contribution in [0.15, 0.2) is 47.6 Å². The fraction of sp³-hybridized carbons (Fsp3) is 0.409. The van der Waals surface area contributed by atoms with Gasteiger partial charge in [0.1, 0.15) is 12.6 Å². The van der Waals surface area contributed by atoms with Crippen molar-refractivity contribution in [2.75, 3.05) is 26.2 Å². The van der Waals surface area contributed by atoms with Crippen LogP contribution >= 0.6 is 0 Å². The maximum atomic E-state index is 6.10. The smallest absolute Gasteiger partial charge is 0.194 e. The highest BCUT2D eigenvalue weighted by Gasteiger charge is 2.25. The molecular formula is C22H28N6O. The van der Waals surface area contributed by atoms with Gasteiger partial charge in [-0.15, -0.1) is 10.2 Å². The number of rotatable bonds is 4. The number of pyridine rings is 1. The van der Waals surface area contributed by atoms with Crippen LogP contribution in [0.2, 0.25) is 0 Å². The van der Waals surface area contributed by atoms with Crippen molar-refractivity contribution >= 4 is 11.6 Å². The van der Waals surface area contributed by atoms with E-state index in [-0.39, 0.29) is 6.10 Å². The number of nitrogens with zero attached hydrogens (tertiary/aromatic N) is 5. The molecule has 2 aromatic heterocycles. The molecule has 1 aliphatic heterocycles. The zero-order valence-electron chi connectivity index (χ0n) is 17.3. The Bertz CT molecular complexity index is 1010. The number of benzene rings is 1. The second-order valence-corrected chi connectivity index (χ2v) is 7.38. The molecule has 1 atom stereocenters. The Kier molecular flexibility index (Phi) is 5.76. The van der Waals surface area contributed by atoms with Crippen molar-refractivity contribution in [3.63, 3.8) is 0 Å². The lowest BCUT2D eigenvalue weighted by molar-refractivity contribution is -0.00835. The van der Waals surface area contributed by atoms with E-state index in [2.05, 4.69) is 59.4 Å². The van der Waals surface area contributed by atoms with Gasteiger partial charge in [-0.05, 0) is 44.0 Å². The van der Waals surface area contributed by atoms with Gasteiger partial charge >= 0.3 is 0 Å². The molecule has 0 bridgehead atoms. The Balaban J connectivity index is 1.53. The fourth-order valence-electron chi connectivity index (χ4n) is 3.79. The number of nitrogens with one attached hydrogen (secondary N) is 1. The van der Waals surface area contributed by atoms with Gasteiger partial charge in [0.25, 0.3) is 0 Å². The third kappa shape index (κ3) is 4.24. The van der Waals surface area contributed by atoms with E-state index >= 15 is 0 Å². The molecule has 1 fully saturated rings. The molecule has 0 aliphatic carbocycles. The van der Waals surface area contributed by atoms with Crippen molar-refractivity contribution in [2.45, 2.75) is 33.4 Å². The van der Waals surface area contributed by atoms with Crippen molar-refractivity contribution in [3.05, 3.63) is 65.1 Å². The van der Waals surface area contributed by atoms with Gasteiger partial charge in [0, 0.05) is 19.3 Å². The standard InChI is InChI=1S/C22H28N6O/c1-4-23-22(24-14-21-26-25-20-7-5-6-10-28(20)21)27-11-12-29-19(15-27)18-9-8-16(2)13-17(18)3/h5-10,13,19H,4,11-12,14-15H2,1-3H3,(H,23,24). The lowest BCUT2D eigenvalue weighted by Gasteiger charge is -2.35. The molecule has 152 valence electrons. The maximum Gasteiger partial charge on any atom is 0.194 e. The van der Waals surface area contributed by atoms with Crippen LogP contribution < -0.4 is 5.32 Å². The molecule has 0 radical (unpaired) electrons. The summed E-state index contributed by atoms with van der Waals surface area (Å²) in [5, 5.41) is 11.9. The number of aliphatic imine (C=N–C) groups is 1. The molecule has 1 aliphatic rings. The summed E-state index contributed by atoms with van der Waals surface area (Å²) >= 11 is 0. The normalized spacial score (nSPS) is 17.7. The number of morpholine rings is 1. The van der Waals surface area contributed by atoms with Crippen LogP contribution in [0.3, 0.4) is 0 Å². The number of guanidine groups is 1. The SMILES string of the molecule is CCNC(=NCc1nnc2ccccn12)N1CCOC(c2ccc(C)cc2C)C1. The molecule has 4 rings (SSSR count). The van der Waals surface area contributed by atoms with Crippen molar-refractivity contribution < 1.29 is 4.74 Å². The average Bonchev–Trinajstić information content (AvgIpc) is 3.14. The Hall–Kier alpha value is -2.93. The molecule has 0 spiro atoms. The van der Waals surface area contributed by atoms with E-state index in [1.54, 1.807) is 0 Å². The van der Waals surface area contributed by atoms with E-state index in [9.17, 15) is 0 Å². The third-order valence-corrected chi connectivity index (χ3v) is 5.23. The molecular weight excluding hydrogens is 364 g/mol. The molecule has 0 amide bonds. The van der Waals surface area contributed by atoms with Crippen molar-refractivity contribution in [1.82, 2.24) is 24.8 Å². The first-order valence-electron chi connectivity index (χ1n) is 10.2. The number of ether oxygens (including phenoxy) is 1. The van der Waals surface area contributed by atoms with Gasteiger partial charge in [-0.25, -0.2) is 4.99 Å². The van der Waals surface area contributed by atoms with Crippen LogP contribution in [0.25, 0.3) is 5.65 Å². The fourth-order valence-corrected chi connectivity index (χ4v) is 3.79. The number of hydrogen-bond acceptors (Lipinski definition) is 4. The summed E-state index contributed by atoms with van der Waals surface area (Å²) < 4.78 is 8.08. The van der Waals surface area contributed by atoms with Crippen molar-refractivity contribution in [1.29, 1.82) is 0 Å². The first kappa shape index (κ1) is 19.4. The van der Waals surface area contributed by atoms with Crippen LogP contribution in [0.4, 0.5) is 0 Å². The zero-order chi connectivity index (χ0) is 20.2. The second-order valence-electron chi connectivity index (χ2n) is 7.38. The second kappa shape index (κ2) is 8.61. The lowest BCUT2D eigenvalue weighted by atomic mass is 10.00. The minimum Gasteiger partial charge on any atom is -0.370 e. The summed E-state index contributed by atoms with van der Waals surface area (Å²) in [7, 11) is 0. The average molecular weight is 393 g/mol. The minimum atomic E-state index is 0.0436. The minimum absolute atomic E-state index is 0.0436. The van der Waals surface area contributed by atoms with Crippen molar-refractivity contribution in [2.24, 2.45) is 4.99 Å². The number of aromatic nitrogens is 3. The number of aryl methyl sites for hydroxylation is 2. The highest BCUT2D eigenvalue weighted by Crippen LogP contribution is 2.26. The summed E-state index contributed by atoms with van der Waals surface area (Å²) in [6.45, 7) is 9.91. The maximum absolute atomic E-state index is 6.10. The highest BCUT2D eigenvalue weighted by atomic mass is 16.5. The van der Waals surface area contributed by atoms with E-state index in [4.69, 9.17) is 9.73 Å². The van der Waals surface area contributed by atoms with E-state index < -0.39 is 0 Å². The summed E-state index contributed by atoms with van der Waals surface area (Å²) in [5.74, 6) is 1.72. The third-order valence-electron chi connectivity index (χ3n) is 5.23. The van der Waals surface area contributed by atoms with Gasteiger partial charge in [-0.3, -0.25) is 4.40 Å². The number of fused-ring (bicyclic) bond motifs is 1.